The molecule has 2 saturated carbocycles. The van der Waals surface area contributed by atoms with Crippen LogP contribution in [0.3, 0.4) is 0 Å². The van der Waals surface area contributed by atoms with E-state index < -0.39 is 0 Å². The quantitative estimate of drug-likeness (QED) is 0.864. The molecule has 2 aliphatic rings. The first-order chi connectivity index (χ1) is 9.88. The molecule has 2 heterocycles. The minimum absolute atomic E-state index is 0.611. The van der Waals surface area contributed by atoms with E-state index in [0.717, 1.165) is 24.1 Å². The fraction of sp³-hybridized carbons (Fsp3) is 0.571. The van der Waals surface area contributed by atoms with Gasteiger partial charge in [0.05, 0.1) is 0 Å². The molecule has 0 amide bonds. The van der Waals surface area contributed by atoms with Crippen LogP contribution in [-0.4, -0.2) is 43.1 Å². The fourth-order valence-corrected chi connectivity index (χ4v) is 2.63. The maximum absolute atomic E-state index is 4.32. The average Bonchev–Trinajstić information content (AvgIpc) is 3.39. The van der Waals surface area contributed by atoms with Crippen LogP contribution in [-0.2, 0) is 6.54 Å². The molecular weight excluding hydrogens is 252 g/mol. The van der Waals surface area contributed by atoms with Crippen molar-refractivity contribution in [2.24, 2.45) is 5.92 Å². The molecule has 0 atom stereocenters. The Morgan fingerprint density at radius 2 is 2.10 bits per heavy atom. The Balaban J connectivity index is 1.50. The number of H-pyrrole nitrogens is 1. The highest BCUT2D eigenvalue weighted by Crippen LogP contribution is 2.35. The van der Waals surface area contributed by atoms with Gasteiger partial charge in [-0.1, -0.05) is 0 Å². The molecule has 0 aliphatic heterocycles. The molecule has 1 N–H and O–H groups in total. The maximum atomic E-state index is 4.32. The van der Waals surface area contributed by atoms with Crippen LogP contribution in [0.25, 0.3) is 11.4 Å². The van der Waals surface area contributed by atoms with Crippen LogP contribution >= 0.6 is 0 Å². The molecule has 2 fully saturated rings. The van der Waals surface area contributed by atoms with E-state index >= 15 is 0 Å². The monoisotopic (exact) mass is 270 g/mol. The molecular formula is C14H18N6. The van der Waals surface area contributed by atoms with E-state index in [1.54, 1.807) is 6.20 Å². The predicted octanol–water partition coefficient (Wildman–Crippen LogP) is 1.64. The lowest BCUT2D eigenvalue weighted by molar-refractivity contribution is 0.244. The minimum atomic E-state index is 0.611. The summed E-state index contributed by atoms with van der Waals surface area (Å²) in [5.74, 6) is 1.54. The van der Waals surface area contributed by atoms with Crippen molar-refractivity contribution in [2.75, 3.05) is 6.54 Å². The highest BCUT2D eigenvalue weighted by Gasteiger charge is 2.33. The van der Waals surface area contributed by atoms with Crippen molar-refractivity contribution in [1.82, 2.24) is 30.5 Å². The maximum Gasteiger partial charge on any atom is 0.206 e. The number of aromatic nitrogens is 5. The van der Waals surface area contributed by atoms with Crippen LogP contribution < -0.4 is 0 Å². The normalized spacial score (nSPS) is 18.6. The molecule has 0 radical (unpaired) electrons. The van der Waals surface area contributed by atoms with Gasteiger partial charge >= 0.3 is 0 Å². The lowest BCUT2D eigenvalue weighted by atomic mass is 10.2. The first-order valence-electron chi connectivity index (χ1n) is 7.30. The molecule has 0 spiro atoms. The second kappa shape index (κ2) is 4.94. The van der Waals surface area contributed by atoms with E-state index in [1.165, 1.54) is 37.8 Å². The van der Waals surface area contributed by atoms with Crippen molar-refractivity contribution in [3.05, 3.63) is 24.0 Å². The summed E-state index contributed by atoms with van der Waals surface area (Å²) in [5.41, 5.74) is 2.17. The van der Waals surface area contributed by atoms with Gasteiger partial charge in [-0.25, -0.2) is 0 Å². The Morgan fingerprint density at radius 1 is 1.20 bits per heavy atom. The van der Waals surface area contributed by atoms with Gasteiger partial charge in [0.1, 0.15) is 0 Å². The number of rotatable bonds is 6. The van der Waals surface area contributed by atoms with Gasteiger partial charge in [-0.2, -0.15) is 5.21 Å². The Labute approximate surface area is 117 Å². The number of nitrogens with zero attached hydrogens (tertiary/aromatic N) is 5. The number of tetrazole rings is 1. The van der Waals surface area contributed by atoms with Crippen LogP contribution in [0.5, 0.6) is 0 Å². The number of hydrogen-bond acceptors (Lipinski definition) is 5. The third-order valence-corrected chi connectivity index (χ3v) is 4.04. The Morgan fingerprint density at radius 3 is 2.80 bits per heavy atom. The lowest BCUT2D eigenvalue weighted by Crippen LogP contribution is -2.27. The van der Waals surface area contributed by atoms with Gasteiger partial charge in [-0.05, 0) is 48.4 Å². The summed E-state index contributed by atoms with van der Waals surface area (Å²) < 4.78 is 0. The summed E-state index contributed by atoms with van der Waals surface area (Å²) in [6.07, 6.45) is 9.26. The SMILES string of the molecule is c1ncc(-c2nn[nH]n2)cc1CN(CC1CC1)C1CC1. The third kappa shape index (κ3) is 2.70. The van der Waals surface area contributed by atoms with E-state index in [0.29, 0.717) is 5.82 Å². The van der Waals surface area contributed by atoms with E-state index in [-0.39, 0.29) is 0 Å². The molecule has 0 bridgehead atoms. The Kier molecular flexibility index (Phi) is 2.95. The van der Waals surface area contributed by atoms with E-state index in [2.05, 4.69) is 36.6 Å². The van der Waals surface area contributed by atoms with E-state index in [9.17, 15) is 0 Å². The van der Waals surface area contributed by atoms with Crippen LogP contribution in [0.15, 0.2) is 18.5 Å². The van der Waals surface area contributed by atoms with Gasteiger partial charge < -0.3 is 0 Å². The summed E-state index contributed by atoms with van der Waals surface area (Å²) in [4.78, 5) is 6.94. The van der Waals surface area contributed by atoms with Crippen molar-refractivity contribution in [2.45, 2.75) is 38.3 Å². The molecule has 104 valence electrons. The standard InChI is InChI=1S/C14H18N6/c1-2-10(1)8-20(13-3-4-13)9-11-5-12(7-15-6-11)14-16-18-19-17-14/h5-7,10,13H,1-4,8-9H2,(H,16,17,18,19). The second-order valence-corrected chi connectivity index (χ2v) is 5.92. The van der Waals surface area contributed by atoms with Crippen molar-refractivity contribution < 1.29 is 0 Å². The fourth-order valence-electron chi connectivity index (χ4n) is 2.63. The predicted molar refractivity (Wildman–Crippen MR) is 73.6 cm³/mol. The summed E-state index contributed by atoms with van der Waals surface area (Å²) in [6.45, 7) is 2.23. The molecule has 4 rings (SSSR count). The smallest absolute Gasteiger partial charge is 0.206 e. The van der Waals surface area contributed by atoms with Gasteiger partial charge in [0.25, 0.3) is 0 Å². The van der Waals surface area contributed by atoms with Crippen LogP contribution in [0.1, 0.15) is 31.2 Å². The minimum Gasteiger partial charge on any atom is -0.296 e. The zero-order chi connectivity index (χ0) is 13.4. The summed E-state index contributed by atoms with van der Waals surface area (Å²) in [6, 6.07) is 2.92. The topological polar surface area (TPSA) is 70.6 Å². The van der Waals surface area contributed by atoms with Crippen LogP contribution in [0, 0.1) is 5.92 Å². The Bertz CT molecular complexity index is 573. The first-order valence-corrected chi connectivity index (χ1v) is 7.30. The number of aromatic amines is 1. The molecule has 6 heteroatoms. The number of nitrogens with one attached hydrogen (secondary N) is 1. The highest BCUT2D eigenvalue weighted by atomic mass is 15.5. The number of hydrogen-bond donors (Lipinski definition) is 1. The van der Waals surface area contributed by atoms with Crippen molar-refractivity contribution >= 4 is 0 Å². The summed E-state index contributed by atoms with van der Waals surface area (Å²) in [5, 5.41) is 14.1. The molecule has 0 saturated heterocycles. The summed E-state index contributed by atoms with van der Waals surface area (Å²) in [7, 11) is 0. The van der Waals surface area contributed by atoms with Gasteiger partial charge in [0.15, 0.2) is 0 Å². The second-order valence-electron chi connectivity index (χ2n) is 5.92. The van der Waals surface area contributed by atoms with Crippen molar-refractivity contribution in [1.29, 1.82) is 0 Å². The largest absolute Gasteiger partial charge is 0.296 e. The van der Waals surface area contributed by atoms with Crippen molar-refractivity contribution in [3.63, 3.8) is 0 Å². The van der Waals surface area contributed by atoms with Gasteiger partial charge in [-0.3, -0.25) is 9.88 Å². The zero-order valence-corrected chi connectivity index (χ0v) is 11.4. The van der Waals surface area contributed by atoms with E-state index in [1.807, 2.05) is 6.20 Å². The number of pyridine rings is 1. The van der Waals surface area contributed by atoms with Gasteiger partial charge in [0, 0.05) is 37.1 Å². The van der Waals surface area contributed by atoms with Crippen LogP contribution in [0.2, 0.25) is 0 Å². The third-order valence-electron chi connectivity index (χ3n) is 4.04. The molecule has 20 heavy (non-hydrogen) atoms. The van der Waals surface area contributed by atoms with Gasteiger partial charge in [0.2, 0.25) is 5.82 Å². The molecule has 2 aromatic rings. The van der Waals surface area contributed by atoms with Crippen LogP contribution in [0.4, 0.5) is 0 Å². The lowest BCUT2D eigenvalue weighted by Gasteiger charge is -2.21. The molecule has 2 aliphatic carbocycles. The summed E-state index contributed by atoms with van der Waals surface area (Å²) >= 11 is 0. The van der Waals surface area contributed by atoms with Crippen molar-refractivity contribution in [3.8, 4) is 11.4 Å². The highest BCUT2D eigenvalue weighted by molar-refractivity contribution is 5.52. The average molecular weight is 270 g/mol. The molecule has 2 aromatic heterocycles. The molecule has 6 nitrogen and oxygen atoms in total. The Hall–Kier alpha value is -1.82. The zero-order valence-electron chi connectivity index (χ0n) is 11.4. The van der Waals surface area contributed by atoms with E-state index in [4.69, 9.17) is 0 Å². The molecule has 0 unspecified atom stereocenters. The molecule has 0 aromatic carbocycles. The van der Waals surface area contributed by atoms with Gasteiger partial charge in [-0.15, -0.1) is 10.2 Å². The first kappa shape index (κ1) is 12.0.